The van der Waals surface area contributed by atoms with Gasteiger partial charge in [0.25, 0.3) is 0 Å². The van der Waals surface area contributed by atoms with Crippen molar-refractivity contribution in [2.24, 2.45) is 5.92 Å². The Labute approximate surface area is 145 Å². The number of nitrogens with zero attached hydrogens (tertiary/aromatic N) is 1. The third-order valence-corrected chi connectivity index (χ3v) is 4.82. The van der Waals surface area contributed by atoms with E-state index in [0.29, 0.717) is 12.3 Å². The Hall–Kier alpha value is -1.84. The molecule has 0 bridgehead atoms. The number of carbonyl (C=O) groups is 2. The Bertz CT molecular complexity index is 543. The summed E-state index contributed by atoms with van der Waals surface area (Å²) in [6.45, 7) is 6.25. The fourth-order valence-electron chi connectivity index (χ4n) is 3.26. The third kappa shape index (κ3) is 4.59. The van der Waals surface area contributed by atoms with Crippen molar-refractivity contribution in [3.8, 4) is 0 Å². The Morgan fingerprint density at radius 2 is 1.92 bits per heavy atom. The molecule has 24 heavy (non-hydrogen) atoms. The second kappa shape index (κ2) is 8.86. The molecular formula is C20H29NO3. The number of carbonyl (C=O) groups excluding carboxylic acids is 2. The van der Waals surface area contributed by atoms with Gasteiger partial charge >= 0.3 is 6.09 Å². The molecule has 1 fully saturated rings. The molecule has 0 radical (unpaired) electrons. The van der Waals surface area contributed by atoms with Crippen molar-refractivity contribution >= 4 is 12.0 Å². The first kappa shape index (κ1) is 18.5. The highest BCUT2D eigenvalue weighted by atomic mass is 16.6. The number of ether oxygens (including phenoxy) is 1. The highest BCUT2D eigenvalue weighted by Crippen LogP contribution is 2.33. The van der Waals surface area contributed by atoms with Crippen LogP contribution in [0.25, 0.3) is 0 Å². The van der Waals surface area contributed by atoms with E-state index in [1.807, 2.05) is 37.3 Å². The van der Waals surface area contributed by atoms with Gasteiger partial charge in [-0.3, -0.25) is 4.79 Å². The van der Waals surface area contributed by atoms with Crippen molar-refractivity contribution in [1.82, 2.24) is 4.90 Å². The molecule has 4 nitrogen and oxygen atoms in total. The van der Waals surface area contributed by atoms with Gasteiger partial charge in [-0.1, -0.05) is 69.9 Å². The van der Waals surface area contributed by atoms with Crippen molar-refractivity contribution in [3.05, 3.63) is 35.9 Å². The molecule has 1 aliphatic rings. The lowest BCUT2D eigenvalue weighted by Gasteiger charge is -2.20. The van der Waals surface area contributed by atoms with Crippen LogP contribution in [-0.2, 0) is 9.53 Å². The summed E-state index contributed by atoms with van der Waals surface area (Å²) >= 11 is 0. The summed E-state index contributed by atoms with van der Waals surface area (Å²) in [5.41, 5.74) is 0.932. The molecule has 1 aromatic carbocycles. The Morgan fingerprint density at radius 3 is 2.58 bits per heavy atom. The topological polar surface area (TPSA) is 46.6 Å². The highest BCUT2D eigenvalue weighted by molar-refractivity contribution is 5.93. The Balaban J connectivity index is 1.89. The minimum atomic E-state index is -0.514. The normalized spacial score (nSPS) is 21.6. The van der Waals surface area contributed by atoms with Crippen LogP contribution in [0.5, 0.6) is 0 Å². The van der Waals surface area contributed by atoms with Gasteiger partial charge in [-0.05, 0) is 24.8 Å². The fourth-order valence-corrected chi connectivity index (χ4v) is 3.26. The van der Waals surface area contributed by atoms with Gasteiger partial charge in [-0.15, -0.1) is 0 Å². The van der Waals surface area contributed by atoms with Crippen LogP contribution in [-0.4, -0.2) is 22.9 Å². The van der Waals surface area contributed by atoms with E-state index in [1.54, 1.807) is 0 Å². The van der Waals surface area contributed by atoms with Crippen molar-refractivity contribution in [3.63, 3.8) is 0 Å². The SMILES string of the molecule is CCCCCC(C)CCC(=O)N1C(=O)OC(c2ccccc2)C1C. The summed E-state index contributed by atoms with van der Waals surface area (Å²) in [6, 6.07) is 9.35. The minimum absolute atomic E-state index is 0.117. The van der Waals surface area contributed by atoms with E-state index >= 15 is 0 Å². The first-order valence-corrected chi connectivity index (χ1v) is 9.12. The average molecular weight is 331 g/mol. The summed E-state index contributed by atoms with van der Waals surface area (Å²) in [6.07, 6.45) is 5.17. The summed E-state index contributed by atoms with van der Waals surface area (Å²) in [5, 5.41) is 0. The smallest absolute Gasteiger partial charge is 0.417 e. The number of hydrogen-bond acceptors (Lipinski definition) is 3. The Morgan fingerprint density at radius 1 is 1.21 bits per heavy atom. The monoisotopic (exact) mass is 331 g/mol. The number of hydrogen-bond donors (Lipinski definition) is 0. The van der Waals surface area contributed by atoms with Crippen molar-refractivity contribution in [1.29, 1.82) is 0 Å². The van der Waals surface area contributed by atoms with Gasteiger partial charge in [0, 0.05) is 6.42 Å². The standard InChI is InChI=1S/C20H29NO3/c1-4-5-7-10-15(2)13-14-18(22)21-16(3)19(24-20(21)23)17-11-8-6-9-12-17/h6,8-9,11-12,15-16,19H,4-5,7,10,13-14H2,1-3H3. The fraction of sp³-hybridized carbons (Fsp3) is 0.600. The van der Waals surface area contributed by atoms with Crippen molar-refractivity contribution in [2.45, 2.75) is 71.4 Å². The lowest BCUT2D eigenvalue weighted by molar-refractivity contribution is -0.129. The van der Waals surface area contributed by atoms with Crippen LogP contribution in [0.2, 0.25) is 0 Å². The largest absolute Gasteiger partial charge is 0.439 e. The van der Waals surface area contributed by atoms with Gasteiger partial charge < -0.3 is 4.74 Å². The molecule has 1 heterocycles. The van der Waals surface area contributed by atoms with E-state index in [4.69, 9.17) is 4.74 Å². The molecule has 1 saturated heterocycles. The molecule has 2 amide bonds. The maximum Gasteiger partial charge on any atom is 0.417 e. The molecule has 4 heteroatoms. The van der Waals surface area contributed by atoms with E-state index in [-0.39, 0.29) is 18.1 Å². The summed E-state index contributed by atoms with van der Waals surface area (Å²) in [7, 11) is 0. The summed E-state index contributed by atoms with van der Waals surface area (Å²) in [4.78, 5) is 26.0. The first-order valence-electron chi connectivity index (χ1n) is 9.12. The zero-order chi connectivity index (χ0) is 17.5. The van der Waals surface area contributed by atoms with Gasteiger partial charge in [-0.25, -0.2) is 9.69 Å². The third-order valence-electron chi connectivity index (χ3n) is 4.82. The lowest BCUT2D eigenvalue weighted by Crippen LogP contribution is -2.37. The number of cyclic esters (lactones) is 1. The van der Waals surface area contributed by atoms with Gasteiger partial charge in [-0.2, -0.15) is 0 Å². The summed E-state index contributed by atoms with van der Waals surface area (Å²) in [5.74, 6) is 0.396. The van der Waals surface area contributed by atoms with Crippen molar-refractivity contribution in [2.75, 3.05) is 0 Å². The van der Waals surface area contributed by atoms with Gasteiger partial charge in [0.1, 0.15) is 6.10 Å². The lowest BCUT2D eigenvalue weighted by atomic mass is 9.97. The van der Waals surface area contributed by atoms with Crippen LogP contribution >= 0.6 is 0 Å². The molecule has 3 atom stereocenters. The molecule has 132 valence electrons. The number of imide groups is 1. The zero-order valence-electron chi connectivity index (χ0n) is 15.0. The number of rotatable bonds is 8. The molecule has 0 spiro atoms. The van der Waals surface area contributed by atoms with Crippen LogP contribution in [0.1, 0.15) is 71.0 Å². The van der Waals surface area contributed by atoms with Gasteiger partial charge in [0.15, 0.2) is 0 Å². The molecule has 0 aliphatic carbocycles. The average Bonchev–Trinajstić information content (AvgIpc) is 2.88. The number of unbranched alkanes of at least 4 members (excludes halogenated alkanes) is 2. The van der Waals surface area contributed by atoms with Crippen molar-refractivity contribution < 1.29 is 14.3 Å². The predicted octanol–water partition coefficient (Wildman–Crippen LogP) is 5.09. The zero-order valence-corrected chi connectivity index (χ0v) is 15.0. The molecule has 2 rings (SSSR count). The van der Waals surface area contributed by atoms with E-state index in [0.717, 1.165) is 18.4 Å². The Kier molecular flexibility index (Phi) is 6.83. The molecule has 0 N–H and O–H groups in total. The van der Waals surface area contributed by atoms with Crippen LogP contribution in [0.15, 0.2) is 30.3 Å². The molecular weight excluding hydrogens is 302 g/mol. The van der Waals surface area contributed by atoms with E-state index in [1.165, 1.54) is 24.2 Å². The van der Waals surface area contributed by atoms with E-state index < -0.39 is 6.09 Å². The maximum atomic E-state index is 12.5. The quantitative estimate of drug-likeness (QED) is 0.623. The molecule has 1 aliphatic heterocycles. The van der Waals surface area contributed by atoms with Crippen LogP contribution in [0.4, 0.5) is 4.79 Å². The van der Waals surface area contributed by atoms with Gasteiger partial charge in [0.05, 0.1) is 6.04 Å². The minimum Gasteiger partial charge on any atom is -0.439 e. The molecule has 1 aromatic rings. The maximum absolute atomic E-state index is 12.5. The second-order valence-corrected chi connectivity index (χ2v) is 6.86. The number of benzene rings is 1. The van der Waals surface area contributed by atoms with E-state index in [2.05, 4.69) is 13.8 Å². The predicted molar refractivity (Wildman–Crippen MR) is 94.5 cm³/mol. The summed E-state index contributed by atoms with van der Waals surface area (Å²) < 4.78 is 5.45. The molecule has 0 aromatic heterocycles. The molecule has 0 saturated carbocycles. The molecule has 3 unspecified atom stereocenters. The van der Waals surface area contributed by atoms with Crippen LogP contribution < -0.4 is 0 Å². The van der Waals surface area contributed by atoms with Crippen LogP contribution in [0, 0.1) is 5.92 Å². The van der Waals surface area contributed by atoms with E-state index in [9.17, 15) is 9.59 Å². The van der Waals surface area contributed by atoms with Gasteiger partial charge in [0.2, 0.25) is 5.91 Å². The first-order chi connectivity index (χ1) is 11.5. The number of amides is 2. The highest BCUT2D eigenvalue weighted by Gasteiger charge is 2.42. The van der Waals surface area contributed by atoms with Crippen LogP contribution in [0.3, 0.4) is 0 Å². The second-order valence-electron chi connectivity index (χ2n) is 6.86.